The Balaban J connectivity index is 1.83. The second kappa shape index (κ2) is 8.43. The Labute approximate surface area is 155 Å². The minimum atomic E-state index is -0.455. The lowest BCUT2D eigenvalue weighted by Crippen LogP contribution is -2.01. The number of hydrogen-bond donors (Lipinski definition) is 1. The summed E-state index contributed by atoms with van der Waals surface area (Å²) in [5, 5.41) is 10.4. The minimum absolute atomic E-state index is 0.0904. The van der Waals surface area contributed by atoms with E-state index in [1.807, 2.05) is 24.4 Å². The number of aliphatic imine (C=N–C) groups is 1. The largest absolute Gasteiger partial charge is 0.505 e. The molecule has 0 amide bonds. The second-order valence-electron chi connectivity index (χ2n) is 5.67. The summed E-state index contributed by atoms with van der Waals surface area (Å²) >= 11 is 3.38. The first kappa shape index (κ1) is 17.9. The maximum atomic E-state index is 10.4. The molecule has 1 N–H and O–H groups in total. The van der Waals surface area contributed by atoms with E-state index < -0.39 is 6.29 Å². The molecule has 4 nitrogen and oxygen atoms in total. The summed E-state index contributed by atoms with van der Waals surface area (Å²) in [6, 6.07) is 12.0. The summed E-state index contributed by atoms with van der Waals surface area (Å²) in [7, 11) is 0. The predicted octanol–water partition coefficient (Wildman–Crippen LogP) is 5.18. The standard InChI is InChI=1S/C20H20BrNO3/c1-2-15-16(20-24-11-12-25-20)13-17(21)19(23)18(15)22-10-6-9-14-7-4-3-5-8-14/h2-5,7-8,10,13,20,23H,1,6,9,11-12H2. The van der Waals surface area contributed by atoms with Gasteiger partial charge in [-0.3, -0.25) is 4.99 Å². The number of hydrogen-bond acceptors (Lipinski definition) is 4. The van der Waals surface area contributed by atoms with E-state index in [1.54, 1.807) is 12.1 Å². The van der Waals surface area contributed by atoms with Crippen molar-refractivity contribution < 1.29 is 14.6 Å². The molecule has 25 heavy (non-hydrogen) atoms. The van der Waals surface area contributed by atoms with Gasteiger partial charge in [-0.05, 0) is 40.4 Å². The molecule has 130 valence electrons. The Morgan fingerprint density at radius 3 is 2.64 bits per heavy atom. The zero-order valence-corrected chi connectivity index (χ0v) is 15.4. The van der Waals surface area contributed by atoms with Crippen molar-refractivity contribution in [3.8, 4) is 5.75 Å². The van der Waals surface area contributed by atoms with E-state index in [2.05, 4.69) is 39.6 Å². The van der Waals surface area contributed by atoms with Gasteiger partial charge in [0, 0.05) is 17.3 Å². The number of halogens is 1. The number of rotatable bonds is 6. The second-order valence-corrected chi connectivity index (χ2v) is 6.53. The molecule has 5 heteroatoms. The molecule has 1 saturated heterocycles. The molecule has 0 unspecified atom stereocenters. The molecule has 1 fully saturated rings. The van der Waals surface area contributed by atoms with E-state index in [0.717, 1.165) is 24.0 Å². The Kier molecular flexibility index (Phi) is 6.02. The lowest BCUT2D eigenvalue weighted by Gasteiger charge is -2.16. The fraction of sp³-hybridized carbons (Fsp3) is 0.250. The third-order valence-electron chi connectivity index (χ3n) is 4.00. The first-order chi connectivity index (χ1) is 12.2. The van der Waals surface area contributed by atoms with Crippen LogP contribution in [0.2, 0.25) is 0 Å². The maximum absolute atomic E-state index is 10.4. The smallest absolute Gasteiger partial charge is 0.184 e. The van der Waals surface area contributed by atoms with Gasteiger partial charge in [-0.2, -0.15) is 0 Å². The van der Waals surface area contributed by atoms with Gasteiger partial charge >= 0.3 is 0 Å². The number of ether oxygens (including phenoxy) is 2. The highest BCUT2D eigenvalue weighted by Crippen LogP contribution is 2.43. The molecular formula is C20H20BrNO3. The molecule has 0 aliphatic carbocycles. The molecule has 1 heterocycles. The van der Waals surface area contributed by atoms with Crippen LogP contribution in [-0.4, -0.2) is 24.5 Å². The van der Waals surface area contributed by atoms with Gasteiger partial charge < -0.3 is 14.6 Å². The maximum Gasteiger partial charge on any atom is 0.184 e. The summed E-state index contributed by atoms with van der Waals surface area (Å²) in [5.41, 5.74) is 3.27. The monoisotopic (exact) mass is 401 g/mol. The van der Waals surface area contributed by atoms with Crippen LogP contribution < -0.4 is 0 Å². The van der Waals surface area contributed by atoms with Crippen LogP contribution in [0.25, 0.3) is 6.08 Å². The summed E-state index contributed by atoms with van der Waals surface area (Å²) in [6.07, 6.45) is 4.71. The first-order valence-corrected chi connectivity index (χ1v) is 8.97. The number of aromatic hydroxyl groups is 1. The van der Waals surface area contributed by atoms with Crippen LogP contribution in [0.1, 0.15) is 29.4 Å². The van der Waals surface area contributed by atoms with Crippen molar-refractivity contribution in [3.05, 3.63) is 64.1 Å². The molecule has 0 atom stereocenters. The minimum Gasteiger partial charge on any atom is -0.505 e. The van der Waals surface area contributed by atoms with Crippen LogP contribution in [0.15, 0.2) is 52.4 Å². The van der Waals surface area contributed by atoms with Crippen LogP contribution >= 0.6 is 15.9 Å². The third kappa shape index (κ3) is 4.18. The first-order valence-electron chi connectivity index (χ1n) is 8.18. The molecule has 2 aromatic rings. The molecular weight excluding hydrogens is 382 g/mol. The third-order valence-corrected chi connectivity index (χ3v) is 4.61. The van der Waals surface area contributed by atoms with Crippen LogP contribution in [0.3, 0.4) is 0 Å². The number of benzene rings is 2. The molecule has 0 radical (unpaired) electrons. The van der Waals surface area contributed by atoms with Crippen LogP contribution in [0, 0.1) is 0 Å². The van der Waals surface area contributed by atoms with Crippen molar-refractivity contribution in [2.24, 2.45) is 4.99 Å². The van der Waals surface area contributed by atoms with E-state index in [9.17, 15) is 5.11 Å². The number of phenolic OH excluding ortho intramolecular Hbond substituents is 1. The van der Waals surface area contributed by atoms with Gasteiger partial charge in [-0.1, -0.05) is 43.0 Å². The van der Waals surface area contributed by atoms with Crippen molar-refractivity contribution in [2.45, 2.75) is 19.1 Å². The lowest BCUT2D eigenvalue weighted by molar-refractivity contribution is -0.0442. The van der Waals surface area contributed by atoms with Gasteiger partial charge in [0.1, 0.15) is 5.69 Å². The molecule has 0 spiro atoms. The van der Waals surface area contributed by atoms with E-state index >= 15 is 0 Å². The van der Waals surface area contributed by atoms with Crippen LogP contribution in [0.4, 0.5) is 5.69 Å². The Hall–Kier alpha value is -1.95. The van der Waals surface area contributed by atoms with Crippen molar-refractivity contribution in [2.75, 3.05) is 13.2 Å². The summed E-state index contributed by atoms with van der Waals surface area (Å²) in [6.45, 7) is 4.96. The number of aryl methyl sites for hydroxylation is 1. The highest BCUT2D eigenvalue weighted by atomic mass is 79.9. The van der Waals surface area contributed by atoms with Gasteiger partial charge in [0.25, 0.3) is 0 Å². The lowest BCUT2D eigenvalue weighted by atomic mass is 10.0. The van der Waals surface area contributed by atoms with Crippen LogP contribution in [0.5, 0.6) is 5.75 Å². The zero-order valence-electron chi connectivity index (χ0n) is 13.8. The van der Waals surface area contributed by atoms with E-state index in [0.29, 0.717) is 23.4 Å². The van der Waals surface area contributed by atoms with Gasteiger partial charge in [0.2, 0.25) is 0 Å². The van der Waals surface area contributed by atoms with Gasteiger partial charge in [-0.25, -0.2) is 0 Å². The van der Waals surface area contributed by atoms with Gasteiger partial charge in [0.05, 0.1) is 17.7 Å². The van der Waals surface area contributed by atoms with Crippen molar-refractivity contribution >= 4 is 33.9 Å². The Bertz CT molecular complexity index is 768. The molecule has 0 aromatic heterocycles. The predicted molar refractivity (Wildman–Crippen MR) is 103 cm³/mol. The van der Waals surface area contributed by atoms with E-state index in [1.165, 1.54) is 5.56 Å². The summed E-state index contributed by atoms with van der Waals surface area (Å²) in [4.78, 5) is 4.50. The fourth-order valence-corrected chi connectivity index (χ4v) is 3.20. The summed E-state index contributed by atoms with van der Waals surface area (Å²) < 4.78 is 11.7. The Morgan fingerprint density at radius 2 is 1.96 bits per heavy atom. The van der Waals surface area contributed by atoms with Gasteiger partial charge in [0.15, 0.2) is 12.0 Å². The summed E-state index contributed by atoms with van der Waals surface area (Å²) in [5.74, 6) is 0.0904. The van der Waals surface area contributed by atoms with Crippen LogP contribution in [-0.2, 0) is 15.9 Å². The number of nitrogens with zero attached hydrogens (tertiary/aromatic N) is 1. The average Bonchev–Trinajstić information content (AvgIpc) is 3.17. The highest BCUT2D eigenvalue weighted by molar-refractivity contribution is 9.10. The van der Waals surface area contributed by atoms with E-state index in [-0.39, 0.29) is 5.75 Å². The molecule has 1 aliphatic heterocycles. The Morgan fingerprint density at radius 1 is 1.24 bits per heavy atom. The average molecular weight is 402 g/mol. The SMILES string of the molecule is C=Cc1c(C2OCCO2)cc(Br)c(O)c1N=CCCc1ccccc1. The molecule has 1 aliphatic rings. The van der Waals surface area contributed by atoms with Crippen molar-refractivity contribution in [1.29, 1.82) is 0 Å². The van der Waals surface area contributed by atoms with E-state index in [4.69, 9.17) is 9.47 Å². The molecule has 2 aromatic carbocycles. The van der Waals surface area contributed by atoms with Gasteiger partial charge in [-0.15, -0.1) is 0 Å². The van der Waals surface area contributed by atoms with Crippen molar-refractivity contribution in [1.82, 2.24) is 0 Å². The molecule has 0 bridgehead atoms. The topological polar surface area (TPSA) is 51.0 Å². The normalized spacial score (nSPS) is 15.1. The number of phenols is 1. The zero-order chi connectivity index (χ0) is 17.6. The van der Waals surface area contributed by atoms with Crippen molar-refractivity contribution in [3.63, 3.8) is 0 Å². The molecule has 3 rings (SSSR count). The highest BCUT2D eigenvalue weighted by Gasteiger charge is 2.24. The molecule has 0 saturated carbocycles. The quantitative estimate of drug-likeness (QED) is 0.678. The fourth-order valence-electron chi connectivity index (χ4n) is 2.77.